The van der Waals surface area contributed by atoms with Gasteiger partial charge in [-0.15, -0.1) is 0 Å². The van der Waals surface area contributed by atoms with Crippen molar-refractivity contribution >= 4 is 29.0 Å². The Balaban J connectivity index is 1.76. The van der Waals surface area contributed by atoms with Gasteiger partial charge in [0.25, 0.3) is 10.9 Å². The number of aryl methyl sites for hydroxylation is 2. The van der Waals surface area contributed by atoms with Crippen LogP contribution in [0.2, 0.25) is 0 Å². The van der Waals surface area contributed by atoms with Crippen molar-refractivity contribution in [3.63, 3.8) is 0 Å². The average Bonchev–Trinajstić information content (AvgIpc) is 3.03. The molecule has 3 rings (SSSR count). The molecule has 1 atom stereocenters. The van der Waals surface area contributed by atoms with Crippen LogP contribution in [0.15, 0.2) is 33.9 Å². The fourth-order valence-electron chi connectivity index (χ4n) is 2.41. The highest BCUT2D eigenvalue weighted by Crippen LogP contribution is 2.34. The fraction of sp³-hybridized carbons (Fsp3) is 0.333. The summed E-state index contributed by atoms with van der Waals surface area (Å²) in [5.41, 5.74) is 1.34. The molecule has 1 aromatic carbocycles. The molecule has 8 heteroatoms. The Morgan fingerprint density at radius 1 is 1.43 bits per heavy atom. The van der Waals surface area contributed by atoms with Crippen LogP contribution in [0.3, 0.4) is 0 Å². The van der Waals surface area contributed by atoms with E-state index in [1.807, 2.05) is 13.8 Å². The van der Waals surface area contributed by atoms with Crippen LogP contribution < -0.4 is 4.90 Å². The van der Waals surface area contributed by atoms with Crippen LogP contribution in [0.1, 0.15) is 17.9 Å². The molecule has 120 valence electrons. The summed E-state index contributed by atoms with van der Waals surface area (Å²) in [5.74, 6) is 0.664. The van der Waals surface area contributed by atoms with Crippen molar-refractivity contribution in [3.05, 3.63) is 45.8 Å². The largest absolute Gasteiger partial charge is 0.437 e. The van der Waals surface area contributed by atoms with E-state index in [-0.39, 0.29) is 16.8 Å². The highest BCUT2D eigenvalue weighted by atomic mass is 32.2. The first-order chi connectivity index (χ1) is 11.0. The van der Waals surface area contributed by atoms with Crippen molar-refractivity contribution in [2.24, 2.45) is 0 Å². The molecular weight excluding hydrogens is 318 g/mol. The maximum absolute atomic E-state index is 12.5. The molecular formula is C15H15N3O4S. The lowest BCUT2D eigenvalue weighted by Gasteiger charge is -2.16. The Morgan fingerprint density at radius 3 is 2.87 bits per heavy atom. The number of carbonyl (C=O) groups is 1. The first-order valence-corrected chi connectivity index (χ1v) is 8.00. The number of anilines is 1. The van der Waals surface area contributed by atoms with E-state index in [2.05, 4.69) is 4.98 Å². The molecule has 0 radical (unpaired) electrons. The molecule has 0 N–H and O–H groups in total. The summed E-state index contributed by atoms with van der Waals surface area (Å²) >= 11 is 1.30. The van der Waals surface area contributed by atoms with Crippen molar-refractivity contribution in [1.82, 2.24) is 4.98 Å². The number of oxazole rings is 1. The van der Waals surface area contributed by atoms with Crippen molar-refractivity contribution in [2.75, 3.05) is 11.4 Å². The molecule has 7 nitrogen and oxygen atoms in total. The van der Waals surface area contributed by atoms with Gasteiger partial charge in [-0.25, -0.2) is 4.98 Å². The Hall–Kier alpha value is -2.35. The highest BCUT2D eigenvalue weighted by molar-refractivity contribution is 8.00. The molecule has 1 amide bonds. The Bertz CT molecular complexity index is 754. The minimum Gasteiger partial charge on any atom is -0.437 e. The number of hydrogen-bond acceptors (Lipinski definition) is 6. The lowest BCUT2D eigenvalue weighted by molar-refractivity contribution is -0.384. The minimum absolute atomic E-state index is 0.0228. The van der Waals surface area contributed by atoms with E-state index in [1.165, 1.54) is 23.9 Å². The molecule has 0 spiro atoms. The van der Waals surface area contributed by atoms with Gasteiger partial charge in [-0.1, -0.05) is 17.8 Å². The Kier molecular flexibility index (Phi) is 4.08. The van der Waals surface area contributed by atoms with Crippen molar-refractivity contribution < 1.29 is 14.1 Å². The summed E-state index contributed by atoms with van der Waals surface area (Å²) in [6, 6.07) is 6.12. The molecule has 1 aromatic heterocycles. The van der Waals surface area contributed by atoms with Gasteiger partial charge < -0.3 is 9.32 Å². The van der Waals surface area contributed by atoms with Crippen LogP contribution in [0.5, 0.6) is 0 Å². The van der Waals surface area contributed by atoms with Crippen molar-refractivity contribution in [2.45, 2.75) is 30.7 Å². The SMILES string of the molecule is Cc1nc(S[C@H]2CCN(c3cccc([N+](=O)[O-])c3)C2=O)oc1C. The van der Waals surface area contributed by atoms with Gasteiger partial charge >= 0.3 is 0 Å². The number of amides is 1. The van der Waals surface area contributed by atoms with Gasteiger partial charge in [-0.05, 0) is 26.3 Å². The third-order valence-electron chi connectivity index (χ3n) is 3.76. The quantitative estimate of drug-likeness (QED) is 0.631. The number of non-ortho nitro benzene ring substituents is 1. The molecule has 2 heterocycles. The molecule has 1 aliphatic heterocycles. The third kappa shape index (κ3) is 3.07. The molecule has 0 unspecified atom stereocenters. The van der Waals surface area contributed by atoms with Crippen LogP contribution in [0, 0.1) is 24.0 Å². The van der Waals surface area contributed by atoms with Crippen LogP contribution >= 0.6 is 11.8 Å². The summed E-state index contributed by atoms with van der Waals surface area (Å²) < 4.78 is 5.51. The van der Waals surface area contributed by atoms with E-state index in [0.29, 0.717) is 23.9 Å². The van der Waals surface area contributed by atoms with E-state index in [0.717, 1.165) is 11.5 Å². The number of benzene rings is 1. The van der Waals surface area contributed by atoms with E-state index < -0.39 is 4.92 Å². The average molecular weight is 333 g/mol. The molecule has 1 saturated heterocycles. The van der Waals surface area contributed by atoms with E-state index in [9.17, 15) is 14.9 Å². The lowest BCUT2D eigenvalue weighted by Crippen LogP contribution is -2.28. The summed E-state index contributed by atoms with van der Waals surface area (Å²) in [6.07, 6.45) is 0.646. The molecule has 23 heavy (non-hydrogen) atoms. The molecule has 2 aromatic rings. The van der Waals surface area contributed by atoms with E-state index in [1.54, 1.807) is 17.0 Å². The number of nitro benzene ring substituents is 1. The zero-order valence-electron chi connectivity index (χ0n) is 12.7. The van der Waals surface area contributed by atoms with Crippen molar-refractivity contribution in [1.29, 1.82) is 0 Å². The summed E-state index contributed by atoms with van der Waals surface area (Å²) in [7, 11) is 0. The number of hydrogen-bond donors (Lipinski definition) is 0. The summed E-state index contributed by atoms with van der Waals surface area (Å²) in [6.45, 7) is 4.21. The van der Waals surface area contributed by atoms with Gasteiger partial charge in [-0.3, -0.25) is 14.9 Å². The van der Waals surface area contributed by atoms with Crippen LogP contribution in [-0.2, 0) is 4.79 Å². The van der Waals surface area contributed by atoms with Gasteiger partial charge in [0.15, 0.2) is 0 Å². The predicted molar refractivity (Wildman–Crippen MR) is 85.7 cm³/mol. The van der Waals surface area contributed by atoms with Gasteiger partial charge in [0.05, 0.1) is 21.6 Å². The first kappa shape index (κ1) is 15.5. The van der Waals surface area contributed by atoms with Crippen LogP contribution in [0.25, 0.3) is 0 Å². The van der Waals surface area contributed by atoms with Gasteiger partial charge in [0.2, 0.25) is 5.91 Å². The molecule has 1 fully saturated rings. The topological polar surface area (TPSA) is 89.5 Å². The van der Waals surface area contributed by atoms with Gasteiger partial charge in [0.1, 0.15) is 5.76 Å². The Morgan fingerprint density at radius 2 is 2.22 bits per heavy atom. The zero-order chi connectivity index (χ0) is 16.6. The second kappa shape index (κ2) is 6.04. The summed E-state index contributed by atoms with van der Waals surface area (Å²) in [5, 5.41) is 11.1. The number of nitrogens with zero attached hydrogens (tertiary/aromatic N) is 3. The maximum Gasteiger partial charge on any atom is 0.271 e. The first-order valence-electron chi connectivity index (χ1n) is 7.12. The summed E-state index contributed by atoms with van der Waals surface area (Å²) in [4.78, 5) is 28.8. The number of aromatic nitrogens is 1. The van der Waals surface area contributed by atoms with Gasteiger partial charge in [0, 0.05) is 18.7 Å². The normalized spacial score (nSPS) is 17.7. The molecule has 1 aliphatic rings. The smallest absolute Gasteiger partial charge is 0.271 e. The van der Waals surface area contributed by atoms with Crippen LogP contribution in [0.4, 0.5) is 11.4 Å². The fourth-order valence-corrected chi connectivity index (χ4v) is 3.47. The zero-order valence-corrected chi connectivity index (χ0v) is 13.5. The molecule has 0 bridgehead atoms. The third-order valence-corrected chi connectivity index (χ3v) is 4.86. The number of carbonyl (C=O) groups excluding carboxylic acids is 1. The standard InChI is InChI=1S/C15H15N3O4S/c1-9-10(2)22-15(16-9)23-13-6-7-17(14(13)19)11-4-3-5-12(8-11)18(20)21/h3-5,8,13H,6-7H2,1-2H3/t13-/m0/s1. The second-order valence-electron chi connectivity index (χ2n) is 5.28. The highest BCUT2D eigenvalue weighted by Gasteiger charge is 2.35. The monoisotopic (exact) mass is 333 g/mol. The number of nitro groups is 1. The lowest BCUT2D eigenvalue weighted by atomic mass is 10.2. The van der Waals surface area contributed by atoms with E-state index in [4.69, 9.17) is 4.42 Å². The van der Waals surface area contributed by atoms with Gasteiger partial charge in [-0.2, -0.15) is 0 Å². The molecule has 0 aliphatic carbocycles. The number of thioether (sulfide) groups is 1. The number of rotatable bonds is 4. The predicted octanol–water partition coefficient (Wildman–Crippen LogP) is 3.10. The van der Waals surface area contributed by atoms with Crippen LogP contribution in [-0.4, -0.2) is 27.6 Å². The van der Waals surface area contributed by atoms with Crippen molar-refractivity contribution in [3.8, 4) is 0 Å². The van der Waals surface area contributed by atoms with E-state index >= 15 is 0 Å². The molecule has 0 saturated carbocycles. The minimum atomic E-state index is -0.464. The second-order valence-corrected chi connectivity index (χ2v) is 6.44. The Labute approximate surface area is 136 Å². The maximum atomic E-state index is 12.5.